The molecule has 0 radical (unpaired) electrons. The molecule has 25 heavy (non-hydrogen) atoms. The largest absolute Gasteiger partial charge is 0.343 e. The van der Waals surface area contributed by atoms with Crippen molar-refractivity contribution in [2.75, 3.05) is 20.1 Å². The molecule has 1 saturated heterocycles. The van der Waals surface area contributed by atoms with Gasteiger partial charge in [-0.05, 0) is 62.8 Å². The molecule has 1 aliphatic heterocycles. The predicted molar refractivity (Wildman–Crippen MR) is 92.8 cm³/mol. The fraction of sp³-hybridized carbons (Fsp3) is 0.611. The predicted octanol–water partition coefficient (Wildman–Crippen LogP) is 2.48. The van der Waals surface area contributed by atoms with Crippen LogP contribution in [0.3, 0.4) is 0 Å². The highest BCUT2D eigenvalue weighted by atomic mass is 32.2. The summed E-state index contributed by atoms with van der Waals surface area (Å²) in [5.41, 5.74) is 0. The number of sulfonamides is 1. The third kappa shape index (κ3) is 3.87. The van der Waals surface area contributed by atoms with Crippen molar-refractivity contribution in [2.45, 2.75) is 43.5 Å². The van der Waals surface area contributed by atoms with Crippen LogP contribution in [-0.2, 0) is 14.8 Å². The second kappa shape index (κ2) is 7.03. The Labute approximate surface area is 148 Å². The molecule has 1 aromatic rings. The van der Waals surface area contributed by atoms with Crippen molar-refractivity contribution in [3.63, 3.8) is 0 Å². The highest BCUT2D eigenvalue weighted by Gasteiger charge is 2.37. The Morgan fingerprint density at radius 1 is 1.16 bits per heavy atom. The highest BCUT2D eigenvalue weighted by molar-refractivity contribution is 7.89. The van der Waals surface area contributed by atoms with E-state index in [1.807, 2.05) is 11.9 Å². The normalized spacial score (nSPS) is 21.1. The fourth-order valence-corrected chi connectivity index (χ4v) is 4.95. The van der Waals surface area contributed by atoms with Gasteiger partial charge in [-0.2, -0.15) is 4.31 Å². The number of hydrogen-bond acceptors (Lipinski definition) is 3. The number of carbonyl (C=O) groups excluding carboxylic acids is 1. The van der Waals surface area contributed by atoms with E-state index in [0.717, 1.165) is 12.1 Å². The van der Waals surface area contributed by atoms with Crippen LogP contribution in [0.25, 0.3) is 0 Å². The first kappa shape index (κ1) is 18.3. The summed E-state index contributed by atoms with van der Waals surface area (Å²) in [5.74, 6) is 0.160. The number of benzene rings is 1. The van der Waals surface area contributed by atoms with Crippen molar-refractivity contribution in [3.05, 3.63) is 30.1 Å². The Balaban J connectivity index is 1.61. The number of nitrogens with zero attached hydrogens (tertiary/aromatic N) is 2. The van der Waals surface area contributed by atoms with Gasteiger partial charge in [-0.3, -0.25) is 4.79 Å². The molecular weight excluding hydrogens is 343 g/mol. The smallest absolute Gasteiger partial charge is 0.243 e. The fourth-order valence-electron chi connectivity index (χ4n) is 3.48. The minimum Gasteiger partial charge on any atom is -0.343 e. The van der Waals surface area contributed by atoms with Gasteiger partial charge in [0.2, 0.25) is 15.9 Å². The summed E-state index contributed by atoms with van der Waals surface area (Å²) in [4.78, 5) is 14.6. The Morgan fingerprint density at radius 3 is 2.24 bits per heavy atom. The Hall–Kier alpha value is -1.47. The molecule has 5 nitrogen and oxygen atoms in total. The van der Waals surface area contributed by atoms with E-state index in [1.165, 1.54) is 29.3 Å². The van der Waals surface area contributed by atoms with Gasteiger partial charge in [0.05, 0.1) is 4.90 Å². The van der Waals surface area contributed by atoms with Crippen molar-refractivity contribution in [1.29, 1.82) is 0 Å². The zero-order chi connectivity index (χ0) is 18.2. The first-order valence-electron chi connectivity index (χ1n) is 8.83. The molecule has 1 saturated carbocycles. The van der Waals surface area contributed by atoms with Crippen LogP contribution in [0.15, 0.2) is 29.2 Å². The average Bonchev–Trinajstić information content (AvgIpc) is 3.45. The third-order valence-electron chi connectivity index (χ3n) is 5.52. The van der Waals surface area contributed by atoms with Crippen LogP contribution in [0.2, 0.25) is 0 Å². The van der Waals surface area contributed by atoms with Crippen LogP contribution in [0.1, 0.15) is 32.6 Å². The second-order valence-electron chi connectivity index (χ2n) is 7.16. The number of piperidine rings is 1. The summed E-state index contributed by atoms with van der Waals surface area (Å²) in [6.07, 6.45) is 3.43. The number of hydrogen-bond donors (Lipinski definition) is 0. The summed E-state index contributed by atoms with van der Waals surface area (Å²) in [6.45, 7) is 2.73. The molecule has 1 amide bonds. The van der Waals surface area contributed by atoms with Crippen LogP contribution in [0.5, 0.6) is 0 Å². The van der Waals surface area contributed by atoms with Crippen molar-refractivity contribution < 1.29 is 17.6 Å². The van der Waals surface area contributed by atoms with Gasteiger partial charge in [0.1, 0.15) is 5.82 Å². The van der Waals surface area contributed by atoms with Crippen molar-refractivity contribution in [3.8, 4) is 0 Å². The van der Waals surface area contributed by atoms with Gasteiger partial charge in [-0.1, -0.05) is 0 Å². The van der Waals surface area contributed by atoms with Crippen LogP contribution < -0.4 is 0 Å². The lowest BCUT2D eigenvalue weighted by Gasteiger charge is -2.34. The summed E-state index contributed by atoms with van der Waals surface area (Å²) in [7, 11) is -1.77. The number of halogens is 1. The molecule has 0 N–H and O–H groups in total. The summed E-state index contributed by atoms with van der Waals surface area (Å²) in [6, 6.07) is 5.13. The van der Waals surface area contributed by atoms with Crippen molar-refractivity contribution in [1.82, 2.24) is 9.21 Å². The van der Waals surface area contributed by atoms with Gasteiger partial charge in [0.25, 0.3) is 0 Å². The lowest BCUT2D eigenvalue weighted by atomic mass is 9.96. The topological polar surface area (TPSA) is 57.7 Å². The van der Waals surface area contributed by atoms with Gasteiger partial charge in [-0.25, -0.2) is 12.8 Å². The average molecular weight is 368 g/mol. The van der Waals surface area contributed by atoms with Gasteiger partial charge in [0, 0.05) is 32.1 Å². The molecule has 1 atom stereocenters. The van der Waals surface area contributed by atoms with E-state index in [-0.39, 0.29) is 22.8 Å². The molecule has 0 spiro atoms. The van der Waals surface area contributed by atoms with Gasteiger partial charge < -0.3 is 4.90 Å². The zero-order valence-corrected chi connectivity index (χ0v) is 15.5. The van der Waals surface area contributed by atoms with E-state index in [2.05, 4.69) is 6.92 Å². The van der Waals surface area contributed by atoms with E-state index < -0.39 is 15.8 Å². The first-order chi connectivity index (χ1) is 11.8. The summed E-state index contributed by atoms with van der Waals surface area (Å²) < 4.78 is 39.7. The Bertz CT molecular complexity index is 723. The molecule has 1 heterocycles. The minimum absolute atomic E-state index is 0.0955. The Kier molecular flexibility index (Phi) is 5.16. The number of amides is 1. The molecular formula is C18H25FN2O3S. The Morgan fingerprint density at radius 2 is 1.72 bits per heavy atom. The van der Waals surface area contributed by atoms with E-state index in [0.29, 0.717) is 31.8 Å². The van der Waals surface area contributed by atoms with Crippen molar-refractivity contribution in [2.24, 2.45) is 11.8 Å². The maximum absolute atomic E-state index is 13.0. The van der Waals surface area contributed by atoms with Crippen LogP contribution in [0, 0.1) is 17.7 Å². The maximum atomic E-state index is 13.0. The van der Waals surface area contributed by atoms with E-state index in [9.17, 15) is 17.6 Å². The van der Waals surface area contributed by atoms with E-state index in [1.54, 1.807) is 0 Å². The second-order valence-corrected chi connectivity index (χ2v) is 9.10. The molecule has 1 aromatic carbocycles. The van der Waals surface area contributed by atoms with Gasteiger partial charge in [0.15, 0.2) is 0 Å². The van der Waals surface area contributed by atoms with E-state index >= 15 is 0 Å². The number of rotatable bonds is 5. The molecule has 2 fully saturated rings. The monoisotopic (exact) mass is 368 g/mol. The highest BCUT2D eigenvalue weighted by Crippen LogP contribution is 2.35. The molecule has 3 rings (SSSR count). The summed E-state index contributed by atoms with van der Waals surface area (Å²) >= 11 is 0. The molecule has 7 heteroatoms. The molecule has 0 aromatic heterocycles. The standard InChI is InChI=1S/C18H25FN2O3S/c1-13(14-3-4-14)20(2)18(22)15-9-11-21(12-10-15)25(23,24)17-7-5-16(19)6-8-17/h5-8,13-15H,3-4,9-12H2,1-2H3. The van der Waals surface area contributed by atoms with Crippen LogP contribution in [-0.4, -0.2) is 49.7 Å². The molecule has 1 unspecified atom stereocenters. The van der Waals surface area contributed by atoms with Crippen LogP contribution >= 0.6 is 0 Å². The number of carbonyl (C=O) groups is 1. The first-order valence-corrected chi connectivity index (χ1v) is 10.3. The zero-order valence-electron chi connectivity index (χ0n) is 14.7. The van der Waals surface area contributed by atoms with E-state index in [4.69, 9.17) is 0 Å². The van der Waals surface area contributed by atoms with Gasteiger partial charge >= 0.3 is 0 Å². The van der Waals surface area contributed by atoms with Crippen molar-refractivity contribution >= 4 is 15.9 Å². The lowest BCUT2D eigenvalue weighted by molar-refractivity contribution is -0.137. The van der Waals surface area contributed by atoms with Crippen LogP contribution in [0.4, 0.5) is 4.39 Å². The molecule has 2 aliphatic rings. The minimum atomic E-state index is -3.63. The quantitative estimate of drug-likeness (QED) is 0.802. The third-order valence-corrected chi connectivity index (χ3v) is 7.43. The maximum Gasteiger partial charge on any atom is 0.243 e. The lowest BCUT2D eigenvalue weighted by Crippen LogP contribution is -2.45. The molecule has 138 valence electrons. The SMILES string of the molecule is CC(C1CC1)N(C)C(=O)C1CCN(S(=O)(=O)c2ccc(F)cc2)CC1. The molecule has 1 aliphatic carbocycles. The van der Waals surface area contributed by atoms with Gasteiger partial charge in [-0.15, -0.1) is 0 Å². The molecule has 0 bridgehead atoms. The summed E-state index contributed by atoms with van der Waals surface area (Å²) in [5, 5.41) is 0.